The van der Waals surface area contributed by atoms with Gasteiger partial charge in [-0.15, -0.1) is 0 Å². The highest BCUT2D eigenvalue weighted by atomic mass is 16.4. The van der Waals surface area contributed by atoms with Gasteiger partial charge in [0.15, 0.2) is 5.96 Å². The molecule has 3 rings (SSSR count). The highest BCUT2D eigenvalue weighted by Gasteiger charge is 2.30. The standard InChI is InChI=1S/C23H34N4O2/c1-5-24-21(26-17-23(4,28)20-11-8-14-29-20)25-16-22(2,3)27-13-12-18-9-6-7-10-19(18)15-27/h6-11,14,28H,5,12-13,15-17H2,1-4H3,(H2,24,25,26). The predicted octanol–water partition coefficient (Wildman–Crippen LogP) is 2.88. The molecule has 0 fully saturated rings. The molecule has 0 aliphatic carbocycles. The molecule has 3 N–H and O–H groups in total. The maximum atomic E-state index is 10.7. The van der Waals surface area contributed by atoms with Crippen LogP contribution in [0.25, 0.3) is 0 Å². The Balaban J connectivity index is 1.63. The van der Waals surface area contributed by atoms with Crippen LogP contribution in [0.1, 0.15) is 44.6 Å². The molecule has 1 unspecified atom stereocenters. The number of guanidine groups is 1. The van der Waals surface area contributed by atoms with Crippen molar-refractivity contribution in [3.8, 4) is 0 Å². The van der Waals surface area contributed by atoms with E-state index in [0.717, 1.165) is 26.1 Å². The molecule has 0 spiro atoms. The lowest BCUT2D eigenvalue weighted by Crippen LogP contribution is -2.50. The highest BCUT2D eigenvalue weighted by Crippen LogP contribution is 2.25. The zero-order chi connectivity index (χ0) is 20.9. The van der Waals surface area contributed by atoms with Crippen molar-refractivity contribution in [3.63, 3.8) is 0 Å². The normalized spacial score (nSPS) is 17.5. The maximum absolute atomic E-state index is 10.7. The first-order valence-corrected chi connectivity index (χ1v) is 10.4. The molecule has 0 saturated heterocycles. The van der Waals surface area contributed by atoms with Crippen LogP contribution in [-0.4, -0.2) is 47.7 Å². The van der Waals surface area contributed by atoms with Crippen LogP contribution in [0.15, 0.2) is 52.1 Å². The quantitative estimate of drug-likeness (QED) is 0.494. The summed E-state index contributed by atoms with van der Waals surface area (Å²) in [7, 11) is 0. The average Bonchev–Trinajstić information content (AvgIpc) is 3.26. The number of fused-ring (bicyclic) bond motifs is 1. The van der Waals surface area contributed by atoms with Crippen LogP contribution < -0.4 is 10.6 Å². The minimum absolute atomic E-state index is 0.0700. The van der Waals surface area contributed by atoms with Crippen LogP contribution in [-0.2, 0) is 18.6 Å². The second-order valence-corrected chi connectivity index (χ2v) is 8.55. The number of benzene rings is 1. The fourth-order valence-electron chi connectivity index (χ4n) is 3.65. The van der Waals surface area contributed by atoms with Crippen LogP contribution in [0.2, 0.25) is 0 Å². The lowest BCUT2D eigenvalue weighted by molar-refractivity contribution is 0.0385. The summed E-state index contributed by atoms with van der Waals surface area (Å²) in [6, 6.07) is 12.3. The monoisotopic (exact) mass is 398 g/mol. The molecule has 1 aliphatic rings. The molecular formula is C23H34N4O2. The highest BCUT2D eigenvalue weighted by molar-refractivity contribution is 5.79. The Hall–Kier alpha value is -2.31. The number of aliphatic imine (C=N–C) groups is 1. The van der Waals surface area contributed by atoms with E-state index in [1.165, 1.54) is 11.1 Å². The van der Waals surface area contributed by atoms with Crippen LogP contribution in [0.4, 0.5) is 0 Å². The summed E-state index contributed by atoms with van der Waals surface area (Å²) < 4.78 is 5.36. The zero-order valence-electron chi connectivity index (χ0n) is 18.0. The molecule has 1 atom stereocenters. The van der Waals surface area contributed by atoms with Gasteiger partial charge in [0.05, 0.1) is 19.4 Å². The van der Waals surface area contributed by atoms with Gasteiger partial charge in [-0.25, -0.2) is 0 Å². The molecule has 2 heterocycles. The minimum Gasteiger partial charge on any atom is -0.466 e. The smallest absolute Gasteiger partial charge is 0.191 e. The Labute approximate surface area is 174 Å². The van der Waals surface area contributed by atoms with E-state index >= 15 is 0 Å². The van der Waals surface area contributed by atoms with Crippen molar-refractivity contribution in [3.05, 3.63) is 59.5 Å². The van der Waals surface area contributed by atoms with Gasteiger partial charge < -0.3 is 20.2 Å². The van der Waals surface area contributed by atoms with Gasteiger partial charge in [0.2, 0.25) is 0 Å². The van der Waals surface area contributed by atoms with Gasteiger partial charge in [-0.05, 0) is 57.4 Å². The summed E-state index contributed by atoms with van der Waals surface area (Å²) in [5.74, 6) is 1.23. The van der Waals surface area contributed by atoms with E-state index in [4.69, 9.17) is 9.41 Å². The molecule has 0 radical (unpaired) electrons. The number of rotatable bonds is 7. The average molecular weight is 399 g/mol. The van der Waals surface area contributed by atoms with Gasteiger partial charge in [-0.3, -0.25) is 9.89 Å². The van der Waals surface area contributed by atoms with Gasteiger partial charge in [-0.1, -0.05) is 24.3 Å². The molecule has 0 amide bonds. The van der Waals surface area contributed by atoms with E-state index in [-0.39, 0.29) is 5.54 Å². The van der Waals surface area contributed by atoms with E-state index in [9.17, 15) is 5.11 Å². The molecule has 1 aromatic heterocycles. The van der Waals surface area contributed by atoms with Gasteiger partial charge in [-0.2, -0.15) is 0 Å². The SMILES string of the molecule is CCNC(=NCC(C)(C)N1CCc2ccccc2C1)NCC(C)(O)c1ccco1. The summed E-state index contributed by atoms with van der Waals surface area (Å²) in [6.07, 6.45) is 2.65. The molecule has 2 aromatic rings. The molecular weight excluding hydrogens is 364 g/mol. The molecule has 6 heteroatoms. The Morgan fingerprint density at radius 3 is 2.59 bits per heavy atom. The van der Waals surface area contributed by atoms with Crippen molar-refractivity contribution in [2.75, 3.05) is 26.2 Å². The fourth-order valence-corrected chi connectivity index (χ4v) is 3.65. The number of hydrogen-bond acceptors (Lipinski definition) is 4. The molecule has 6 nitrogen and oxygen atoms in total. The summed E-state index contributed by atoms with van der Waals surface area (Å²) in [4.78, 5) is 7.31. The van der Waals surface area contributed by atoms with Crippen molar-refractivity contribution in [1.29, 1.82) is 0 Å². The van der Waals surface area contributed by atoms with Crippen molar-refractivity contribution in [2.24, 2.45) is 4.99 Å². The summed E-state index contributed by atoms with van der Waals surface area (Å²) in [6.45, 7) is 12.0. The second-order valence-electron chi connectivity index (χ2n) is 8.55. The number of hydrogen-bond donors (Lipinski definition) is 3. The molecule has 0 saturated carbocycles. The fraction of sp³-hybridized carbons (Fsp3) is 0.522. The third-order valence-electron chi connectivity index (χ3n) is 5.61. The first-order chi connectivity index (χ1) is 13.8. The topological polar surface area (TPSA) is 73.0 Å². The molecule has 29 heavy (non-hydrogen) atoms. The molecule has 1 aromatic carbocycles. The lowest BCUT2D eigenvalue weighted by Gasteiger charge is -2.40. The van der Waals surface area contributed by atoms with E-state index in [2.05, 4.69) is 53.6 Å². The van der Waals surface area contributed by atoms with E-state index in [0.29, 0.717) is 24.8 Å². The van der Waals surface area contributed by atoms with Gasteiger partial charge in [0.25, 0.3) is 0 Å². The Kier molecular flexibility index (Phi) is 6.65. The second kappa shape index (κ2) is 9.01. The Morgan fingerprint density at radius 1 is 1.14 bits per heavy atom. The van der Waals surface area contributed by atoms with Gasteiger partial charge in [0.1, 0.15) is 11.4 Å². The predicted molar refractivity (Wildman–Crippen MR) is 117 cm³/mol. The van der Waals surface area contributed by atoms with E-state index < -0.39 is 5.60 Å². The van der Waals surface area contributed by atoms with Gasteiger partial charge >= 0.3 is 0 Å². The maximum Gasteiger partial charge on any atom is 0.191 e. The summed E-state index contributed by atoms with van der Waals surface area (Å²) in [5, 5.41) is 17.2. The van der Waals surface area contributed by atoms with E-state index in [1.807, 2.05) is 6.92 Å². The third kappa shape index (κ3) is 5.40. The molecule has 0 bridgehead atoms. The summed E-state index contributed by atoms with van der Waals surface area (Å²) in [5.41, 5.74) is 1.69. The van der Waals surface area contributed by atoms with Crippen LogP contribution >= 0.6 is 0 Å². The van der Waals surface area contributed by atoms with Crippen molar-refractivity contribution >= 4 is 5.96 Å². The number of nitrogens with zero attached hydrogens (tertiary/aromatic N) is 2. The zero-order valence-corrected chi connectivity index (χ0v) is 18.0. The number of nitrogens with one attached hydrogen (secondary N) is 2. The first-order valence-electron chi connectivity index (χ1n) is 10.4. The van der Waals surface area contributed by atoms with Crippen LogP contribution in [0.5, 0.6) is 0 Å². The van der Waals surface area contributed by atoms with Crippen molar-refractivity contribution in [1.82, 2.24) is 15.5 Å². The Bertz CT molecular complexity index is 812. The van der Waals surface area contributed by atoms with Crippen molar-refractivity contribution < 1.29 is 9.52 Å². The number of aliphatic hydroxyl groups is 1. The third-order valence-corrected chi connectivity index (χ3v) is 5.61. The van der Waals surface area contributed by atoms with Crippen LogP contribution in [0, 0.1) is 0 Å². The summed E-state index contributed by atoms with van der Waals surface area (Å²) >= 11 is 0. The van der Waals surface area contributed by atoms with E-state index in [1.54, 1.807) is 25.3 Å². The minimum atomic E-state index is -1.11. The van der Waals surface area contributed by atoms with Crippen LogP contribution in [0.3, 0.4) is 0 Å². The molecule has 158 valence electrons. The largest absolute Gasteiger partial charge is 0.466 e. The van der Waals surface area contributed by atoms with Crippen molar-refractivity contribution in [2.45, 2.75) is 51.8 Å². The Morgan fingerprint density at radius 2 is 1.90 bits per heavy atom. The van der Waals surface area contributed by atoms with Gasteiger partial charge in [0, 0.05) is 25.2 Å². The lowest BCUT2D eigenvalue weighted by atomic mass is 9.94. The first kappa shape index (κ1) is 21.4. The number of furan rings is 1. The molecule has 1 aliphatic heterocycles.